The molecule has 1 saturated heterocycles. The lowest BCUT2D eigenvalue weighted by molar-refractivity contribution is 0.129. The summed E-state index contributed by atoms with van der Waals surface area (Å²) in [7, 11) is 0. The number of urea groups is 1. The second-order valence-electron chi connectivity index (χ2n) is 6.93. The summed E-state index contributed by atoms with van der Waals surface area (Å²) in [6, 6.07) is 3.71. The monoisotopic (exact) mass is 315 g/mol. The average Bonchev–Trinajstić information content (AvgIpc) is 2.49. The molecule has 5 nitrogen and oxygen atoms in total. The first-order valence-corrected chi connectivity index (χ1v) is 8.41. The van der Waals surface area contributed by atoms with Gasteiger partial charge in [-0.05, 0) is 44.7 Å². The van der Waals surface area contributed by atoms with Crippen LogP contribution in [0.3, 0.4) is 0 Å². The van der Waals surface area contributed by atoms with E-state index in [0.29, 0.717) is 19.0 Å². The number of rotatable bonds is 2. The van der Waals surface area contributed by atoms with Crippen molar-refractivity contribution in [3.8, 4) is 0 Å². The van der Waals surface area contributed by atoms with Crippen molar-refractivity contribution >= 4 is 12.1 Å². The second-order valence-corrected chi connectivity index (χ2v) is 6.93. The van der Waals surface area contributed by atoms with E-state index in [1.165, 1.54) is 0 Å². The van der Waals surface area contributed by atoms with Gasteiger partial charge in [0.1, 0.15) is 0 Å². The normalized spacial score (nSPS) is 23.2. The lowest BCUT2D eigenvalue weighted by Crippen LogP contribution is -2.53. The number of fused-ring (bicyclic) bond motifs is 4. The van der Waals surface area contributed by atoms with Gasteiger partial charge in [-0.2, -0.15) is 0 Å². The van der Waals surface area contributed by atoms with E-state index in [9.17, 15) is 9.59 Å². The highest BCUT2D eigenvalue weighted by Crippen LogP contribution is 2.37. The molecule has 2 amide bonds. The highest BCUT2D eigenvalue weighted by molar-refractivity contribution is 5.74. The Morgan fingerprint density at radius 2 is 2.09 bits per heavy atom. The summed E-state index contributed by atoms with van der Waals surface area (Å²) in [6.07, 6.45) is 5.11. The minimum absolute atomic E-state index is 0.00834. The van der Waals surface area contributed by atoms with Gasteiger partial charge in [0.25, 0.3) is 5.56 Å². The van der Waals surface area contributed by atoms with Gasteiger partial charge in [0, 0.05) is 43.4 Å². The molecule has 0 aromatic carbocycles. The van der Waals surface area contributed by atoms with Crippen molar-refractivity contribution in [2.45, 2.75) is 45.7 Å². The minimum Gasteiger partial charge on any atom is -0.336 e. The molecule has 0 saturated carbocycles. The van der Waals surface area contributed by atoms with Crippen molar-refractivity contribution in [2.75, 3.05) is 13.1 Å². The first-order chi connectivity index (χ1) is 11.0. The number of carbonyl (C=O) groups is 1. The Bertz CT molecular complexity index is 690. The van der Waals surface area contributed by atoms with Crippen LogP contribution in [-0.4, -0.2) is 34.6 Å². The topological polar surface area (TPSA) is 54.3 Å². The Morgan fingerprint density at radius 1 is 1.30 bits per heavy atom. The number of hydrogen-bond acceptors (Lipinski definition) is 2. The van der Waals surface area contributed by atoms with Crippen LogP contribution >= 0.6 is 0 Å². The zero-order valence-electron chi connectivity index (χ0n) is 14.1. The van der Waals surface area contributed by atoms with E-state index >= 15 is 0 Å². The van der Waals surface area contributed by atoms with Gasteiger partial charge in [-0.25, -0.2) is 4.79 Å². The Balaban J connectivity index is 1.94. The smallest absolute Gasteiger partial charge is 0.317 e. The zero-order valence-corrected chi connectivity index (χ0v) is 14.1. The Labute approximate surface area is 137 Å². The number of aromatic nitrogens is 1. The van der Waals surface area contributed by atoms with E-state index in [1.807, 2.05) is 42.4 Å². The van der Waals surface area contributed by atoms with E-state index < -0.39 is 0 Å². The number of allylic oxidation sites excluding steroid dienone is 1. The molecule has 1 aromatic heterocycles. The van der Waals surface area contributed by atoms with Gasteiger partial charge < -0.3 is 14.8 Å². The maximum atomic E-state index is 12.4. The molecule has 1 aromatic rings. The van der Waals surface area contributed by atoms with E-state index in [1.54, 1.807) is 6.07 Å². The van der Waals surface area contributed by atoms with Gasteiger partial charge in [-0.15, -0.1) is 0 Å². The molecular weight excluding hydrogens is 290 g/mol. The van der Waals surface area contributed by atoms with Crippen molar-refractivity contribution in [3.05, 3.63) is 39.8 Å². The standard InChI is InChI=1S/C18H25N3O2/c1-4-5-14-6-7-16(22)21-10-13-8-15(17(14)21)11-20(9-13)18(23)19-12(2)3/h4-7,12-13,15H,8-11H2,1-3H3,(H,19,23)/b5-4+/t13-,15+/m0/s1. The molecule has 5 heteroatoms. The summed E-state index contributed by atoms with van der Waals surface area (Å²) in [5.41, 5.74) is 2.26. The molecule has 2 bridgehead atoms. The van der Waals surface area contributed by atoms with Crippen LogP contribution in [0, 0.1) is 5.92 Å². The summed E-state index contributed by atoms with van der Waals surface area (Å²) in [6.45, 7) is 8.06. The fourth-order valence-electron chi connectivity index (χ4n) is 3.87. The van der Waals surface area contributed by atoms with E-state index in [-0.39, 0.29) is 23.6 Å². The van der Waals surface area contributed by atoms with Gasteiger partial charge in [-0.1, -0.05) is 12.2 Å². The van der Waals surface area contributed by atoms with Crippen LogP contribution in [-0.2, 0) is 6.54 Å². The van der Waals surface area contributed by atoms with Gasteiger partial charge in [0.15, 0.2) is 0 Å². The van der Waals surface area contributed by atoms with Gasteiger partial charge in [0.05, 0.1) is 0 Å². The van der Waals surface area contributed by atoms with Gasteiger partial charge >= 0.3 is 6.03 Å². The third-order valence-electron chi connectivity index (χ3n) is 4.67. The number of hydrogen-bond donors (Lipinski definition) is 1. The van der Waals surface area contributed by atoms with Crippen molar-refractivity contribution < 1.29 is 4.79 Å². The molecule has 0 radical (unpaired) electrons. The fraction of sp³-hybridized carbons (Fsp3) is 0.556. The maximum absolute atomic E-state index is 12.4. The van der Waals surface area contributed by atoms with Crippen LogP contribution in [0.25, 0.3) is 6.08 Å². The van der Waals surface area contributed by atoms with Crippen LogP contribution in [0.15, 0.2) is 23.0 Å². The number of nitrogens with zero attached hydrogens (tertiary/aromatic N) is 2. The lowest BCUT2D eigenvalue weighted by atomic mass is 9.81. The highest BCUT2D eigenvalue weighted by atomic mass is 16.2. The van der Waals surface area contributed by atoms with E-state index in [4.69, 9.17) is 0 Å². The first kappa shape index (κ1) is 15.8. The SMILES string of the molecule is C/C=C/c1ccc(=O)n2c1[C@@H]1C[C@@H](CN(C(=O)NC(C)C)C1)C2. The summed E-state index contributed by atoms with van der Waals surface area (Å²) in [5, 5.41) is 2.98. The number of amides is 2. The second kappa shape index (κ2) is 6.22. The zero-order chi connectivity index (χ0) is 16.6. The van der Waals surface area contributed by atoms with Gasteiger partial charge in [-0.3, -0.25) is 4.79 Å². The van der Waals surface area contributed by atoms with Crippen molar-refractivity contribution in [1.82, 2.24) is 14.8 Å². The highest BCUT2D eigenvalue weighted by Gasteiger charge is 2.37. The van der Waals surface area contributed by atoms with Crippen LogP contribution in [0.2, 0.25) is 0 Å². The summed E-state index contributed by atoms with van der Waals surface area (Å²) < 4.78 is 1.92. The molecule has 124 valence electrons. The third-order valence-corrected chi connectivity index (χ3v) is 4.67. The van der Waals surface area contributed by atoms with E-state index in [2.05, 4.69) is 11.4 Å². The van der Waals surface area contributed by atoms with Crippen LogP contribution in [0.5, 0.6) is 0 Å². The number of nitrogens with one attached hydrogen (secondary N) is 1. The molecule has 2 atom stereocenters. The molecule has 0 spiro atoms. The first-order valence-electron chi connectivity index (χ1n) is 8.41. The molecule has 0 aliphatic carbocycles. The van der Waals surface area contributed by atoms with Crippen LogP contribution < -0.4 is 10.9 Å². The van der Waals surface area contributed by atoms with Crippen LogP contribution in [0.4, 0.5) is 4.79 Å². The summed E-state index contributed by atoms with van der Waals surface area (Å²) >= 11 is 0. The molecule has 0 unspecified atom stereocenters. The fourth-order valence-corrected chi connectivity index (χ4v) is 3.87. The van der Waals surface area contributed by atoms with Crippen LogP contribution in [0.1, 0.15) is 44.4 Å². The molecule has 2 aliphatic heterocycles. The Morgan fingerprint density at radius 3 is 2.78 bits per heavy atom. The minimum atomic E-state index is 0.00834. The molecule has 3 rings (SSSR count). The Hall–Kier alpha value is -2.04. The largest absolute Gasteiger partial charge is 0.336 e. The summed E-state index contributed by atoms with van der Waals surface area (Å²) in [5.74, 6) is 0.596. The predicted octanol–water partition coefficient (Wildman–Crippen LogP) is 2.42. The van der Waals surface area contributed by atoms with Crippen molar-refractivity contribution in [2.24, 2.45) is 5.92 Å². The van der Waals surface area contributed by atoms with E-state index in [0.717, 1.165) is 24.2 Å². The summed E-state index contributed by atoms with van der Waals surface area (Å²) in [4.78, 5) is 26.5. The molecule has 23 heavy (non-hydrogen) atoms. The quantitative estimate of drug-likeness (QED) is 0.911. The number of carbonyl (C=O) groups excluding carboxylic acids is 1. The maximum Gasteiger partial charge on any atom is 0.317 e. The molecular formula is C18H25N3O2. The van der Waals surface area contributed by atoms with Crippen molar-refractivity contribution in [1.29, 1.82) is 0 Å². The Kier molecular flexibility index (Phi) is 4.28. The third kappa shape index (κ3) is 3.05. The number of piperidine rings is 1. The molecule has 1 fully saturated rings. The number of pyridine rings is 1. The van der Waals surface area contributed by atoms with Crippen molar-refractivity contribution in [3.63, 3.8) is 0 Å². The van der Waals surface area contributed by atoms with Gasteiger partial charge in [0.2, 0.25) is 0 Å². The average molecular weight is 315 g/mol. The molecule has 2 aliphatic rings. The lowest BCUT2D eigenvalue weighted by Gasteiger charge is -2.43. The number of likely N-dealkylation sites (tertiary alicyclic amines) is 1. The molecule has 1 N–H and O–H groups in total. The predicted molar refractivity (Wildman–Crippen MR) is 91.5 cm³/mol. The molecule has 3 heterocycles.